The van der Waals surface area contributed by atoms with Gasteiger partial charge >= 0.3 is 5.97 Å². The van der Waals surface area contributed by atoms with Crippen LogP contribution in [0.4, 0.5) is 0 Å². The summed E-state index contributed by atoms with van der Waals surface area (Å²) in [5.41, 5.74) is -1.07. The molecule has 25 heavy (non-hydrogen) atoms. The van der Waals surface area contributed by atoms with Gasteiger partial charge in [0.1, 0.15) is 11.4 Å². The van der Waals surface area contributed by atoms with E-state index in [0.717, 1.165) is 0 Å². The molecular weight excluding hydrogens is 390 g/mol. The molecule has 0 aliphatic heterocycles. The molecule has 142 valence electrons. The fourth-order valence-electron chi connectivity index (χ4n) is 2.20. The predicted molar refractivity (Wildman–Crippen MR) is 100 cm³/mol. The van der Waals surface area contributed by atoms with Crippen LogP contribution in [0.3, 0.4) is 0 Å². The van der Waals surface area contributed by atoms with Gasteiger partial charge in [-0.15, -0.1) is 0 Å². The standard InChI is InChI=1S/C18H28BrNO5/c1-17(2,3)24-9-8-11(16(22)25-18(4,5)6)13-14(19)12(23-7)10-20-15(13)21/h10-11H,8-9H2,1-7H3,(H,20,21). The van der Waals surface area contributed by atoms with Crippen molar-refractivity contribution in [2.45, 2.75) is 65.1 Å². The van der Waals surface area contributed by atoms with E-state index < -0.39 is 17.5 Å². The first-order chi connectivity index (χ1) is 11.4. The highest BCUT2D eigenvalue weighted by Crippen LogP contribution is 2.33. The van der Waals surface area contributed by atoms with Crippen LogP contribution >= 0.6 is 15.9 Å². The number of rotatable bonds is 6. The highest BCUT2D eigenvalue weighted by molar-refractivity contribution is 9.10. The average molecular weight is 418 g/mol. The Balaban J connectivity index is 3.22. The van der Waals surface area contributed by atoms with Gasteiger partial charge in [-0.1, -0.05) is 0 Å². The Morgan fingerprint density at radius 3 is 2.28 bits per heavy atom. The summed E-state index contributed by atoms with van der Waals surface area (Å²) >= 11 is 3.38. The summed E-state index contributed by atoms with van der Waals surface area (Å²) in [6.07, 6.45) is 1.77. The molecule has 1 unspecified atom stereocenters. The van der Waals surface area contributed by atoms with E-state index in [1.807, 2.05) is 20.8 Å². The molecule has 0 saturated carbocycles. The summed E-state index contributed by atoms with van der Waals surface area (Å²) in [7, 11) is 1.49. The van der Waals surface area contributed by atoms with Crippen LogP contribution in [0.5, 0.6) is 5.75 Å². The minimum atomic E-state index is -0.769. The first-order valence-corrected chi connectivity index (χ1v) is 8.97. The number of pyridine rings is 1. The van der Waals surface area contributed by atoms with E-state index in [2.05, 4.69) is 20.9 Å². The number of esters is 1. The van der Waals surface area contributed by atoms with Crippen LogP contribution in [0.2, 0.25) is 0 Å². The molecule has 0 bridgehead atoms. The van der Waals surface area contributed by atoms with Gasteiger partial charge in [0.05, 0.1) is 23.1 Å². The highest BCUT2D eigenvalue weighted by atomic mass is 79.9. The molecule has 0 aromatic carbocycles. The predicted octanol–water partition coefficient (Wildman–Crippen LogP) is 3.78. The molecule has 0 spiro atoms. The van der Waals surface area contributed by atoms with Crippen molar-refractivity contribution in [3.05, 3.63) is 26.6 Å². The third kappa shape index (κ3) is 6.82. The SMILES string of the molecule is COc1c[nH]c(=O)c(C(CCOC(C)(C)C)C(=O)OC(C)(C)C)c1Br. The van der Waals surface area contributed by atoms with Crippen molar-refractivity contribution in [1.82, 2.24) is 4.98 Å². The molecule has 1 rings (SSSR count). The first-order valence-electron chi connectivity index (χ1n) is 8.17. The second kappa shape index (κ2) is 8.36. The summed E-state index contributed by atoms with van der Waals surface area (Å²) < 4.78 is 16.9. The number of hydrogen-bond acceptors (Lipinski definition) is 5. The van der Waals surface area contributed by atoms with Crippen molar-refractivity contribution in [3.63, 3.8) is 0 Å². The average Bonchev–Trinajstić information content (AvgIpc) is 2.42. The van der Waals surface area contributed by atoms with E-state index in [-0.39, 0.29) is 16.7 Å². The zero-order chi connectivity index (χ0) is 19.4. The monoisotopic (exact) mass is 417 g/mol. The van der Waals surface area contributed by atoms with Crippen molar-refractivity contribution in [1.29, 1.82) is 0 Å². The quantitative estimate of drug-likeness (QED) is 0.712. The molecule has 7 heteroatoms. The molecule has 1 atom stereocenters. The second-order valence-corrected chi connectivity index (χ2v) is 8.54. The minimum Gasteiger partial charge on any atom is -0.494 e. The van der Waals surface area contributed by atoms with Gasteiger partial charge < -0.3 is 19.2 Å². The number of hydrogen-bond donors (Lipinski definition) is 1. The normalized spacial score (nSPS) is 13.4. The number of halogens is 1. The van der Waals surface area contributed by atoms with Crippen molar-refractivity contribution in [2.75, 3.05) is 13.7 Å². The van der Waals surface area contributed by atoms with Gasteiger partial charge in [-0.05, 0) is 63.9 Å². The zero-order valence-corrected chi connectivity index (χ0v) is 17.6. The van der Waals surface area contributed by atoms with Gasteiger partial charge in [-0.3, -0.25) is 9.59 Å². The highest BCUT2D eigenvalue weighted by Gasteiger charge is 2.31. The van der Waals surface area contributed by atoms with Gasteiger partial charge in [0.2, 0.25) is 0 Å². The van der Waals surface area contributed by atoms with Crippen molar-refractivity contribution < 1.29 is 19.0 Å². The number of nitrogens with one attached hydrogen (secondary N) is 1. The summed E-state index contributed by atoms with van der Waals surface area (Å²) in [5.74, 6) is -0.792. The van der Waals surface area contributed by atoms with Crippen molar-refractivity contribution >= 4 is 21.9 Å². The van der Waals surface area contributed by atoms with E-state index >= 15 is 0 Å². The van der Waals surface area contributed by atoms with E-state index in [1.165, 1.54) is 13.3 Å². The summed E-state index contributed by atoms with van der Waals surface area (Å²) in [5, 5.41) is 0. The van der Waals surface area contributed by atoms with Crippen LogP contribution in [-0.4, -0.2) is 35.9 Å². The summed E-state index contributed by atoms with van der Waals surface area (Å²) in [6, 6.07) is 0. The number of H-pyrrole nitrogens is 1. The van der Waals surface area contributed by atoms with Gasteiger partial charge in [0.25, 0.3) is 5.56 Å². The maximum absolute atomic E-state index is 12.7. The van der Waals surface area contributed by atoms with Crippen LogP contribution in [-0.2, 0) is 14.3 Å². The third-order valence-electron chi connectivity index (χ3n) is 3.23. The molecule has 0 fully saturated rings. The van der Waals surface area contributed by atoms with Crippen LogP contribution in [0.25, 0.3) is 0 Å². The number of methoxy groups -OCH3 is 1. The molecule has 0 amide bonds. The molecule has 1 aromatic rings. The summed E-state index contributed by atoms with van der Waals surface area (Å²) in [4.78, 5) is 27.7. The smallest absolute Gasteiger partial charge is 0.314 e. The van der Waals surface area contributed by atoms with Crippen LogP contribution < -0.4 is 10.3 Å². The molecule has 1 N–H and O–H groups in total. The topological polar surface area (TPSA) is 77.6 Å². The lowest BCUT2D eigenvalue weighted by atomic mass is 9.96. The number of ether oxygens (including phenoxy) is 3. The Morgan fingerprint density at radius 2 is 1.80 bits per heavy atom. The molecule has 0 aliphatic carbocycles. The Morgan fingerprint density at radius 1 is 1.20 bits per heavy atom. The molecule has 1 aromatic heterocycles. The lowest BCUT2D eigenvalue weighted by molar-refractivity contribution is -0.157. The van der Waals surface area contributed by atoms with Gasteiger partial charge in [-0.25, -0.2) is 0 Å². The fraction of sp³-hybridized carbons (Fsp3) is 0.667. The Bertz CT molecular complexity index is 655. The molecule has 0 aliphatic rings. The van der Waals surface area contributed by atoms with E-state index in [4.69, 9.17) is 14.2 Å². The maximum atomic E-state index is 12.7. The first kappa shape index (κ1) is 21.7. The lowest BCUT2D eigenvalue weighted by Crippen LogP contribution is -2.32. The van der Waals surface area contributed by atoms with Crippen molar-refractivity contribution in [2.24, 2.45) is 0 Å². The van der Waals surface area contributed by atoms with Crippen LogP contribution in [0.1, 0.15) is 59.4 Å². The van der Waals surface area contributed by atoms with Gasteiger partial charge in [0, 0.05) is 18.4 Å². The van der Waals surface area contributed by atoms with Gasteiger partial charge in [-0.2, -0.15) is 0 Å². The van der Waals surface area contributed by atoms with E-state index in [0.29, 0.717) is 23.2 Å². The zero-order valence-electron chi connectivity index (χ0n) is 16.0. The largest absolute Gasteiger partial charge is 0.494 e. The Hall–Kier alpha value is -1.34. The van der Waals surface area contributed by atoms with Crippen molar-refractivity contribution in [3.8, 4) is 5.75 Å². The fourth-order valence-corrected chi connectivity index (χ4v) is 2.93. The molecule has 0 saturated heterocycles. The number of carbonyl (C=O) groups is 1. The molecule has 0 radical (unpaired) electrons. The second-order valence-electron chi connectivity index (χ2n) is 7.75. The van der Waals surface area contributed by atoms with Crippen LogP contribution in [0.15, 0.2) is 15.5 Å². The molecule has 6 nitrogen and oxygen atoms in total. The summed E-state index contributed by atoms with van der Waals surface area (Å²) in [6.45, 7) is 11.5. The molecule has 1 heterocycles. The van der Waals surface area contributed by atoms with E-state index in [1.54, 1.807) is 20.8 Å². The molecular formula is C18H28BrNO5. The van der Waals surface area contributed by atoms with Gasteiger partial charge in [0.15, 0.2) is 0 Å². The Labute approximate surface area is 157 Å². The third-order valence-corrected chi connectivity index (χ3v) is 4.05. The maximum Gasteiger partial charge on any atom is 0.314 e. The lowest BCUT2D eigenvalue weighted by Gasteiger charge is -2.26. The van der Waals surface area contributed by atoms with E-state index in [9.17, 15) is 9.59 Å². The number of aromatic nitrogens is 1. The Kier molecular flexibility index (Phi) is 7.26. The van der Waals surface area contributed by atoms with Crippen LogP contribution in [0, 0.1) is 0 Å². The minimum absolute atomic E-state index is 0.283. The number of aromatic amines is 1. The number of carbonyl (C=O) groups excluding carboxylic acids is 1.